The van der Waals surface area contributed by atoms with Crippen molar-refractivity contribution in [3.8, 4) is 11.4 Å². The third-order valence-electron chi connectivity index (χ3n) is 4.58. The largest absolute Gasteiger partial charge is 0.484 e. The first-order valence-corrected chi connectivity index (χ1v) is 9.76. The second kappa shape index (κ2) is 9.73. The molecule has 0 radical (unpaired) electrons. The van der Waals surface area contributed by atoms with E-state index in [9.17, 15) is 9.59 Å². The first-order valence-electron chi connectivity index (χ1n) is 9.76. The zero-order valence-electron chi connectivity index (χ0n) is 17.3. The zero-order chi connectivity index (χ0) is 21.5. The summed E-state index contributed by atoms with van der Waals surface area (Å²) in [5, 5.41) is 7.31. The van der Waals surface area contributed by atoms with Gasteiger partial charge in [-0.05, 0) is 45.0 Å². The van der Waals surface area contributed by atoms with Gasteiger partial charge in [-0.15, -0.1) is 0 Å². The number of carbonyl (C=O) groups is 2. The van der Waals surface area contributed by atoms with E-state index >= 15 is 0 Å². The first kappa shape index (κ1) is 21.1. The number of nitrogens with one attached hydrogen (secondary N) is 1. The molecule has 156 valence electrons. The first-order chi connectivity index (χ1) is 14.5. The number of hydrogen-bond donors (Lipinski definition) is 1. The SMILES string of the molecule is CCOC(=O)[C@@H](NC(=O)COc1ccccc1)c1c(C)nn(-c2ccccc2)c1C. The summed E-state index contributed by atoms with van der Waals surface area (Å²) in [5.74, 6) is -0.392. The maximum Gasteiger partial charge on any atom is 0.333 e. The van der Waals surface area contributed by atoms with Crippen molar-refractivity contribution in [1.29, 1.82) is 0 Å². The molecule has 3 rings (SSSR count). The van der Waals surface area contributed by atoms with E-state index in [0.29, 0.717) is 17.0 Å². The highest BCUT2D eigenvalue weighted by Gasteiger charge is 2.30. The van der Waals surface area contributed by atoms with Crippen molar-refractivity contribution in [1.82, 2.24) is 15.1 Å². The monoisotopic (exact) mass is 407 g/mol. The molecule has 1 N–H and O–H groups in total. The lowest BCUT2D eigenvalue weighted by atomic mass is 10.0. The van der Waals surface area contributed by atoms with Gasteiger partial charge in [0, 0.05) is 11.3 Å². The summed E-state index contributed by atoms with van der Waals surface area (Å²) in [4.78, 5) is 25.2. The number of benzene rings is 2. The molecule has 1 amide bonds. The molecular weight excluding hydrogens is 382 g/mol. The number of aryl methyl sites for hydroxylation is 1. The molecule has 0 fully saturated rings. The van der Waals surface area contributed by atoms with E-state index < -0.39 is 17.9 Å². The van der Waals surface area contributed by atoms with Crippen LogP contribution < -0.4 is 10.1 Å². The highest BCUT2D eigenvalue weighted by Crippen LogP contribution is 2.25. The van der Waals surface area contributed by atoms with Crippen LogP contribution >= 0.6 is 0 Å². The van der Waals surface area contributed by atoms with E-state index in [1.54, 1.807) is 30.7 Å². The van der Waals surface area contributed by atoms with Gasteiger partial charge in [0.2, 0.25) is 0 Å². The summed E-state index contributed by atoms with van der Waals surface area (Å²) in [6.07, 6.45) is 0. The number of aromatic nitrogens is 2. The van der Waals surface area contributed by atoms with Gasteiger partial charge in [0.1, 0.15) is 5.75 Å². The predicted octanol–water partition coefficient (Wildman–Crippen LogP) is 3.29. The van der Waals surface area contributed by atoms with E-state index in [1.165, 1.54) is 0 Å². The molecule has 0 aliphatic heterocycles. The molecule has 7 nitrogen and oxygen atoms in total. The van der Waals surface area contributed by atoms with Crippen LogP contribution in [0.25, 0.3) is 5.69 Å². The van der Waals surface area contributed by atoms with Crippen molar-refractivity contribution >= 4 is 11.9 Å². The summed E-state index contributed by atoms with van der Waals surface area (Å²) in [6, 6.07) is 17.6. The number of nitrogens with zero attached hydrogens (tertiary/aromatic N) is 2. The molecule has 1 heterocycles. The summed E-state index contributed by atoms with van der Waals surface area (Å²) in [7, 11) is 0. The minimum absolute atomic E-state index is 0.205. The van der Waals surface area contributed by atoms with Gasteiger partial charge in [0.05, 0.1) is 18.0 Å². The lowest BCUT2D eigenvalue weighted by Gasteiger charge is -2.18. The van der Waals surface area contributed by atoms with Crippen LogP contribution in [0.3, 0.4) is 0 Å². The number of esters is 1. The fourth-order valence-corrected chi connectivity index (χ4v) is 3.24. The van der Waals surface area contributed by atoms with Gasteiger partial charge >= 0.3 is 5.97 Å². The average molecular weight is 407 g/mol. The Kier molecular flexibility index (Phi) is 6.85. The quantitative estimate of drug-likeness (QED) is 0.580. The van der Waals surface area contributed by atoms with Crippen LogP contribution in [0, 0.1) is 13.8 Å². The predicted molar refractivity (Wildman–Crippen MR) is 112 cm³/mol. The Morgan fingerprint density at radius 1 is 1.03 bits per heavy atom. The minimum atomic E-state index is -0.978. The number of amides is 1. The highest BCUT2D eigenvalue weighted by atomic mass is 16.5. The van der Waals surface area contributed by atoms with Gasteiger partial charge in [0.25, 0.3) is 5.91 Å². The van der Waals surface area contributed by atoms with Crippen molar-refractivity contribution < 1.29 is 19.1 Å². The molecule has 1 atom stereocenters. The molecule has 7 heteroatoms. The second-order valence-corrected chi connectivity index (χ2v) is 6.69. The summed E-state index contributed by atoms with van der Waals surface area (Å²) >= 11 is 0. The molecule has 3 aromatic rings. The lowest BCUT2D eigenvalue weighted by Crippen LogP contribution is -2.38. The lowest BCUT2D eigenvalue weighted by molar-refractivity contribution is -0.147. The van der Waals surface area contributed by atoms with E-state index in [2.05, 4.69) is 10.4 Å². The molecule has 0 saturated carbocycles. The molecule has 0 aliphatic rings. The van der Waals surface area contributed by atoms with Crippen LogP contribution in [0.5, 0.6) is 5.75 Å². The number of para-hydroxylation sites is 2. The van der Waals surface area contributed by atoms with Gasteiger partial charge in [-0.2, -0.15) is 5.10 Å². The molecule has 0 spiro atoms. The third-order valence-corrected chi connectivity index (χ3v) is 4.58. The fourth-order valence-electron chi connectivity index (χ4n) is 3.24. The Balaban J connectivity index is 1.84. The fraction of sp³-hybridized carbons (Fsp3) is 0.261. The van der Waals surface area contributed by atoms with E-state index in [1.807, 2.05) is 55.5 Å². The molecule has 0 unspecified atom stereocenters. The molecule has 0 bridgehead atoms. The van der Waals surface area contributed by atoms with Crippen LogP contribution in [0.1, 0.15) is 29.9 Å². The van der Waals surface area contributed by atoms with Crippen molar-refractivity contribution in [2.75, 3.05) is 13.2 Å². The molecule has 0 saturated heterocycles. The zero-order valence-corrected chi connectivity index (χ0v) is 17.3. The van der Waals surface area contributed by atoms with Crippen LogP contribution in [0.4, 0.5) is 0 Å². The summed E-state index contributed by atoms with van der Waals surface area (Å²) < 4.78 is 12.5. The summed E-state index contributed by atoms with van der Waals surface area (Å²) in [5.41, 5.74) is 2.87. The van der Waals surface area contributed by atoms with Gasteiger partial charge in [-0.3, -0.25) is 4.79 Å². The van der Waals surface area contributed by atoms with E-state index in [4.69, 9.17) is 9.47 Å². The standard InChI is InChI=1S/C23H25N3O4/c1-4-29-23(28)22(24-20(27)15-30-19-13-9-6-10-14-19)21-16(2)25-26(17(21)3)18-11-7-5-8-12-18/h5-14,22H,4,15H2,1-3H3,(H,24,27)/t22-/m0/s1. The Labute approximate surface area is 175 Å². The normalized spacial score (nSPS) is 11.6. The molecule has 2 aromatic carbocycles. The molecule has 0 aliphatic carbocycles. The van der Waals surface area contributed by atoms with Crippen molar-refractivity contribution in [2.24, 2.45) is 0 Å². The number of rotatable bonds is 8. The molecular formula is C23H25N3O4. The third kappa shape index (κ3) is 4.86. The molecule has 1 aromatic heterocycles. The summed E-state index contributed by atoms with van der Waals surface area (Å²) in [6.45, 7) is 5.38. The van der Waals surface area contributed by atoms with Crippen molar-refractivity contribution in [3.05, 3.63) is 77.6 Å². The topological polar surface area (TPSA) is 82.4 Å². The van der Waals surface area contributed by atoms with Crippen LogP contribution in [0.15, 0.2) is 60.7 Å². The number of hydrogen-bond acceptors (Lipinski definition) is 5. The van der Waals surface area contributed by atoms with E-state index in [0.717, 1.165) is 11.4 Å². The Hall–Kier alpha value is -3.61. The van der Waals surface area contributed by atoms with Crippen LogP contribution in [-0.4, -0.2) is 34.9 Å². The Bertz CT molecular complexity index is 1000. The van der Waals surface area contributed by atoms with Gasteiger partial charge < -0.3 is 14.8 Å². The van der Waals surface area contributed by atoms with Gasteiger partial charge in [-0.1, -0.05) is 36.4 Å². The maximum atomic E-state index is 12.7. The smallest absolute Gasteiger partial charge is 0.333 e. The van der Waals surface area contributed by atoms with Gasteiger partial charge in [0.15, 0.2) is 12.6 Å². The molecule has 30 heavy (non-hydrogen) atoms. The average Bonchev–Trinajstić information content (AvgIpc) is 3.06. The van der Waals surface area contributed by atoms with Crippen molar-refractivity contribution in [3.63, 3.8) is 0 Å². The van der Waals surface area contributed by atoms with Gasteiger partial charge in [-0.25, -0.2) is 9.48 Å². The number of ether oxygens (including phenoxy) is 2. The minimum Gasteiger partial charge on any atom is -0.484 e. The second-order valence-electron chi connectivity index (χ2n) is 6.69. The van der Waals surface area contributed by atoms with Crippen LogP contribution in [0.2, 0.25) is 0 Å². The highest BCUT2D eigenvalue weighted by molar-refractivity contribution is 5.86. The maximum absolute atomic E-state index is 12.7. The van der Waals surface area contributed by atoms with Crippen molar-refractivity contribution in [2.45, 2.75) is 26.8 Å². The Morgan fingerprint density at radius 3 is 2.30 bits per heavy atom. The van der Waals surface area contributed by atoms with Crippen LogP contribution in [-0.2, 0) is 14.3 Å². The number of carbonyl (C=O) groups excluding carboxylic acids is 2. The van der Waals surface area contributed by atoms with E-state index in [-0.39, 0.29) is 13.2 Å². The Morgan fingerprint density at radius 2 is 1.67 bits per heavy atom.